The summed E-state index contributed by atoms with van der Waals surface area (Å²) in [5.74, 6) is 1.17. The van der Waals surface area contributed by atoms with Gasteiger partial charge in [-0.05, 0) is 18.1 Å². The molecule has 1 heterocycles. The van der Waals surface area contributed by atoms with Gasteiger partial charge in [0.25, 0.3) is 0 Å². The van der Waals surface area contributed by atoms with E-state index in [1.165, 1.54) is 11.1 Å². The van der Waals surface area contributed by atoms with Crippen molar-refractivity contribution in [2.24, 2.45) is 4.99 Å². The molecule has 2 aromatic carbocycles. The number of benzene rings is 2. The van der Waals surface area contributed by atoms with Crippen LogP contribution in [0.25, 0.3) is 0 Å². The van der Waals surface area contributed by atoms with Crippen LogP contribution in [-0.4, -0.2) is 30.5 Å². The van der Waals surface area contributed by atoms with Gasteiger partial charge in [-0.25, -0.2) is 5.01 Å². The molecule has 1 N–H and O–H groups in total. The molecule has 0 saturated carbocycles. The Kier molecular flexibility index (Phi) is 4.02. The molecule has 0 fully saturated rings. The zero-order chi connectivity index (χ0) is 14.7. The first-order valence-electron chi connectivity index (χ1n) is 7.39. The lowest BCUT2D eigenvalue weighted by Crippen LogP contribution is -2.49. The average molecular weight is 279 g/mol. The lowest BCUT2D eigenvalue weighted by Gasteiger charge is -2.32. The summed E-state index contributed by atoms with van der Waals surface area (Å²) >= 11 is 0. The highest BCUT2D eigenvalue weighted by molar-refractivity contribution is 5.92. The summed E-state index contributed by atoms with van der Waals surface area (Å²) in [7, 11) is 2.07. The first-order valence-corrected chi connectivity index (χ1v) is 7.39. The fourth-order valence-corrected chi connectivity index (χ4v) is 2.88. The maximum absolute atomic E-state index is 4.85. The van der Waals surface area contributed by atoms with Gasteiger partial charge in [-0.3, -0.25) is 4.99 Å². The fraction of sp³-hybridized carbons (Fsp3) is 0.278. The van der Waals surface area contributed by atoms with Crippen LogP contribution in [-0.2, 0) is 0 Å². The highest BCUT2D eigenvalue weighted by atomic mass is 15.5. The van der Waals surface area contributed by atoms with Gasteiger partial charge < -0.3 is 5.43 Å². The van der Waals surface area contributed by atoms with E-state index in [2.05, 4.69) is 85.1 Å². The molecule has 1 aliphatic rings. The second-order valence-electron chi connectivity index (χ2n) is 5.61. The van der Waals surface area contributed by atoms with Gasteiger partial charge in [-0.2, -0.15) is 0 Å². The van der Waals surface area contributed by atoms with E-state index in [0.29, 0.717) is 6.04 Å². The van der Waals surface area contributed by atoms with Gasteiger partial charge in [0.2, 0.25) is 0 Å². The number of likely N-dealkylation sites (N-methyl/N-ethyl adjacent to an activating group) is 1. The number of hydrogen-bond acceptors (Lipinski definition) is 3. The summed E-state index contributed by atoms with van der Waals surface area (Å²) in [4.78, 5) is 4.85. The van der Waals surface area contributed by atoms with Gasteiger partial charge in [0.15, 0.2) is 0 Å². The zero-order valence-corrected chi connectivity index (χ0v) is 12.5. The Morgan fingerprint density at radius 3 is 2.00 bits per heavy atom. The largest absolute Gasteiger partial charge is 0.306 e. The Balaban J connectivity index is 2.05. The van der Waals surface area contributed by atoms with E-state index in [1.54, 1.807) is 0 Å². The Hall–Kier alpha value is -2.13. The Bertz CT molecular complexity index is 567. The molecule has 1 atom stereocenters. The average Bonchev–Trinajstić information content (AvgIpc) is 2.49. The molecule has 0 radical (unpaired) electrons. The first-order chi connectivity index (χ1) is 10.2. The Morgan fingerprint density at radius 1 is 1.00 bits per heavy atom. The Morgan fingerprint density at radius 2 is 1.52 bits per heavy atom. The molecule has 0 bridgehead atoms. The van der Waals surface area contributed by atoms with Crippen molar-refractivity contribution in [3.05, 3.63) is 71.8 Å². The van der Waals surface area contributed by atoms with E-state index in [1.807, 2.05) is 0 Å². The highest BCUT2D eigenvalue weighted by Crippen LogP contribution is 2.26. The molecule has 0 unspecified atom stereocenters. The molecule has 0 amide bonds. The molecule has 3 rings (SSSR count). The normalized spacial score (nSPS) is 19.2. The Labute approximate surface area is 126 Å². The number of hydrazine groups is 1. The van der Waals surface area contributed by atoms with Crippen molar-refractivity contribution < 1.29 is 0 Å². The van der Waals surface area contributed by atoms with Crippen LogP contribution in [0.1, 0.15) is 24.0 Å². The van der Waals surface area contributed by atoms with Crippen molar-refractivity contribution in [3.63, 3.8) is 0 Å². The van der Waals surface area contributed by atoms with Crippen LogP contribution in [0.5, 0.6) is 0 Å². The maximum Gasteiger partial charge on any atom is 0.123 e. The molecule has 2 aromatic rings. The van der Waals surface area contributed by atoms with Crippen LogP contribution in [0.4, 0.5) is 0 Å². The maximum atomic E-state index is 4.85. The number of hydrogen-bond donors (Lipinski definition) is 1. The van der Waals surface area contributed by atoms with E-state index in [4.69, 9.17) is 4.99 Å². The minimum atomic E-state index is 0.151. The van der Waals surface area contributed by atoms with Gasteiger partial charge in [0.05, 0.1) is 12.0 Å². The molecule has 0 saturated heterocycles. The van der Waals surface area contributed by atoms with Crippen LogP contribution >= 0.6 is 0 Å². The van der Waals surface area contributed by atoms with Crippen molar-refractivity contribution in [2.45, 2.75) is 18.9 Å². The molecule has 0 aliphatic carbocycles. The lowest BCUT2D eigenvalue weighted by molar-refractivity contribution is 0.258. The third kappa shape index (κ3) is 3.14. The summed E-state index contributed by atoms with van der Waals surface area (Å²) in [6.07, 6.45) is 0. The number of nitrogens with one attached hydrogen (secondary N) is 1. The molecular weight excluding hydrogens is 258 g/mol. The van der Waals surface area contributed by atoms with Crippen LogP contribution in [0.3, 0.4) is 0 Å². The summed E-state index contributed by atoms with van der Waals surface area (Å²) in [5, 5.41) is 2.12. The SMILES string of the molecule is C[C@@H]1CN(C)NC(C(c2ccccc2)c2ccccc2)=N1. The van der Waals surface area contributed by atoms with Crippen molar-refractivity contribution in [3.8, 4) is 0 Å². The molecule has 21 heavy (non-hydrogen) atoms. The van der Waals surface area contributed by atoms with E-state index in [0.717, 1.165) is 12.4 Å². The third-order valence-corrected chi connectivity index (χ3v) is 3.74. The minimum Gasteiger partial charge on any atom is -0.306 e. The minimum absolute atomic E-state index is 0.151. The topological polar surface area (TPSA) is 27.6 Å². The van der Waals surface area contributed by atoms with Crippen molar-refractivity contribution >= 4 is 5.84 Å². The molecule has 0 aromatic heterocycles. The second kappa shape index (κ2) is 6.10. The summed E-state index contributed by atoms with van der Waals surface area (Å²) < 4.78 is 0. The summed E-state index contributed by atoms with van der Waals surface area (Å²) in [5.41, 5.74) is 5.95. The van der Waals surface area contributed by atoms with Gasteiger partial charge >= 0.3 is 0 Å². The number of aliphatic imine (C=N–C) groups is 1. The predicted molar refractivity (Wildman–Crippen MR) is 87.4 cm³/mol. The third-order valence-electron chi connectivity index (χ3n) is 3.74. The molecule has 1 aliphatic heterocycles. The predicted octanol–water partition coefficient (Wildman–Crippen LogP) is 3.06. The van der Waals surface area contributed by atoms with Gasteiger partial charge in [-0.15, -0.1) is 0 Å². The fourth-order valence-electron chi connectivity index (χ4n) is 2.88. The van der Waals surface area contributed by atoms with Gasteiger partial charge in [0, 0.05) is 13.6 Å². The molecular formula is C18H21N3. The number of nitrogens with zero attached hydrogens (tertiary/aromatic N) is 2. The zero-order valence-electron chi connectivity index (χ0n) is 12.5. The standard InChI is InChI=1S/C18H21N3/c1-14-13-21(2)20-18(19-14)17(15-9-5-3-6-10-15)16-11-7-4-8-12-16/h3-12,14,17H,13H2,1-2H3,(H,19,20)/t14-/m1/s1. The van der Waals surface area contributed by atoms with Gasteiger partial charge in [-0.1, -0.05) is 60.7 Å². The van der Waals surface area contributed by atoms with E-state index in [-0.39, 0.29) is 5.92 Å². The lowest BCUT2D eigenvalue weighted by atomic mass is 9.90. The monoisotopic (exact) mass is 279 g/mol. The van der Waals surface area contributed by atoms with E-state index < -0.39 is 0 Å². The van der Waals surface area contributed by atoms with Crippen molar-refractivity contribution in [1.82, 2.24) is 10.4 Å². The van der Waals surface area contributed by atoms with E-state index >= 15 is 0 Å². The van der Waals surface area contributed by atoms with Gasteiger partial charge in [0.1, 0.15) is 5.84 Å². The first kappa shape index (κ1) is 13.8. The highest BCUT2D eigenvalue weighted by Gasteiger charge is 2.25. The van der Waals surface area contributed by atoms with Crippen LogP contribution in [0, 0.1) is 0 Å². The quantitative estimate of drug-likeness (QED) is 0.935. The van der Waals surface area contributed by atoms with E-state index in [9.17, 15) is 0 Å². The summed E-state index contributed by atoms with van der Waals surface area (Å²) in [6, 6.07) is 21.4. The van der Waals surface area contributed by atoms with Crippen LogP contribution in [0.2, 0.25) is 0 Å². The number of amidine groups is 1. The smallest absolute Gasteiger partial charge is 0.123 e. The van der Waals surface area contributed by atoms with Crippen LogP contribution < -0.4 is 5.43 Å². The number of rotatable bonds is 3. The second-order valence-corrected chi connectivity index (χ2v) is 5.61. The summed E-state index contributed by atoms with van der Waals surface area (Å²) in [6.45, 7) is 3.09. The molecule has 0 spiro atoms. The molecule has 108 valence electrons. The molecule has 3 heteroatoms. The van der Waals surface area contributed by atoms with Crippen LogP contribution in [0.15, 0.2) is 65.7 Å². The molecule has 3 nitrogen and oxygen atoms in total. The van der Waals surface area contributed by atoms with Crippen molar-refractivity contribution in [1.29, 1.82) is 0 Å². The van der Waals surface area contributed by atoms with Crippen molar-refractivity contribution in [2.75, 3.05) is 13.6 Å².